The summed E-state index contributed by atoms with van der Waals surface area (Å²) in [6, 6.07) is 0. The van der Waals surface area contributed by atoms with Gasteiger partial charge in [-0.3, -0.25) is 0 Å². The Labute approximate surface area is 71.4 Å². The zero-order chi connectivity index (χ0) is 8.97. The van der Waals surface area contributed by atoms with Crippen molar-refractivity contribution in [1.82, 2.24) is 4.90 Å². The molecular weight excluding hydrogens is 158 g/mol. The number of likely N-dealkylation sites (tertiary alicyclic amines) is 1. The molecule has 0 spiro atoms. The van der Waals surface area contributed by atoms with Crippen LogP contribution in [0.5, 0.6) is 0 Å². The molecule has 0 aliphatic carbocycles. The third kappa shape index (κ3) is 1.98. The van der Waals surface area contributed by atoms with Crippen molar-refractivity contribution in [3.63, 3.8) is 0 Å². The smallest absolute Gasteiger partial charge is 0.410 e. The van der Waals surface area contributed by atoms with Crippen LogP contribution in [0.15, 0.2) is 12.7 Å². The minimum atomic E-state index is -0.320. The van der Waals surface area contributed by atoms with Crippen LogP contribution in [-0.2, 0) is 4.74 Å². The van der Waals surface area contributed by atoms with Gasteiger partial charge in [-0.1, -0.05) is 12.7 Å². The molecule has 68 valence electrons. The number of aliphatic hydroxyl groups is 1. The van der Waals surface area contributed by atoms with Gasteiger partial charge in [0.2, 0.25) is 0 Å². The molecule has 0 unspecified atom stereocenters. The normalized spacial score (nSPS) is 16.9. The van der Waals surface area contributed by atoms with Gasteiger partial charge in [-0.25, -0.2) is 4.79 Å². The summed E-state index contributed by atoms with van der Waals surface area (Å²) in [4.78, 5) is 12.6. The molecule has 1 aliphatic rings. The van der Waals surface area contributed by atoms with Crippen molar-refractivity contribution in [2.75, 3.05) is 26.3 Å². The molecule has 1 fully saturated rings. The Morgan fingerprint density at radius 2 is 2.42 bits per heavy atom. The predicted octanol–water partition coefficient (Wildman–Crippen LogP) is 0.233. The van der Waals surface area contributed by atoms with E-state index in [-0.39, 0.29) is 25.2 Å². The van der Waals surface area contributed by atoms with Gasteiger partial charge in [0.15, 0.2) is 0 Å². The molecule has 0 bridgehead atoms. The maximum Gasteiger partial charge on any atom is 0.410 e. The first kappa shape index (κ1) is 9.06. The number of carbonyl (C=O) groups is 1. The zero-order valence-electron chi connectivity index (χ0n) is 6.90. The lowest BCUT2D eigenvalue weighted by atomic mass is 10.0. The molecule has 0 aromatic rings. The molecule has 0 saturated carbocycles. The number of carbonyl (C=O) groups excluding carboxylic acids is 1. The Balaban J connectivity index is 2.14. The van der Waals surface area contributed by atoms with Crippen molar-refractivity contribution in [2.24, 2.45) is 5.92 Å². The highest BCUT2D eigenvalue weighted by molar-refractivity contribution is 5.68. The predicted molar refractivity (Wildman–Crippen MR) is 43.7 cm³/mol. The monoisotopic (exact) mass is 171 g/mol. The van der Waals surface area contributed by atoms with E-state index in [1.807, 2.05) is 0 Å². The lowest BCUT2D eigenvalue weighted by Crippen LogP contribution is -2.51. The Morgan fingerprint density at radius 3 is 2.92 bits per heavy atom. The van der Waals surface area contributed by atoms with Gasteiger partial charge in [0.25, 0.3) is 0 Å². The average molecular weight is 171 g/mol. The number of ether oxygens (including phenoxy) is 1. The van der Waals surface area contributed by atoms with Crippen molar-refractivity contribution in [3.8, 4) is 0 Å². The summed E-state index contributed by atoms with van der Waals surface area (Å²) in [5.74, 6) is 0.237. The first-order valence-electron chi connectivity index (χ1n) is 3.91. The summed E-state index contributed by atoms with van der Waals surface area (Å²) in [5, 5.41) is 8.67. The SMILES string of the molecule is C=CCOC(=O)N1CC(CO)C1. The minimum absolute atomic E-state index is 0.144. The van der Waals surface area contributed by atoms with Crippen LogP contribution in [0.3, 0.4) is 0 Å². The van der Waals surface area contributed by atoms with E-state index in [4.69, 9.17) is 9.84 Å². The minimum Gasteiger partial charge on any atom is -0.445 e. The fourth-order valence-electron chi connectivity index (χ4n) is 1.06. The van der Waals surface area contributed by atoms with Gasteiger partial charge < -0.3 is 14.7 Å². The molecule has 1 N–H and O–H groups in total. The van der Waals surface area contributed by atoms with E-state index in [0.29, 0.717) is 13.1 Å². The van der Waals surface area contributed by atoms with Crippen LogP contribution in [0.2, 0.25) is 0 Å². The van der Waals surface area contributed by atoms with Crippen LogP contribution in [0.25, 0.3) is 0 Å². The van der Waals surface area contributed by atoms with E-state index in [9.17, 15) is 4.79 Å². The molecule has 1 amide bonds. The molecule has 12 heavy (non-hydrogen) atoms. The van der Waals surface area contributed by atoms with Crippen molar-refractivity contribution < 1.29 is 14.6 Å². The zero-order valence-corrected chi connectivity index (χ0v) is 6.90. The van der Waals surface area contributed by atoms with Gasteiger partial charge in [-0.15, -0.1) is 0 Å². The summed E-state index contributed by atoms with van der Waals surface area (Å²) in [6.45, 7) is 5.03. The standard InChI is InChI=1S/C8H13NO3/c1-2-3-12-8(11)9-4-7(5-9)6-10/h2,7,10H,1,3-6H2. The summed E-state index contributed by atoms with van der Waals surface area (Å²) in [6.07, 6.45) is 1.21. The quantitative estimate of drug-likeness (QED) is 0.618. The second-order valence-corrected chi connectivity index (χ2v) is 2.82. The van der Waals surface area contributed by atoms with Crippen molar-refractivity contribution >= 4 is 6.09 Å². The Morgan fingerprint density at radius 1 is 1.75 bits per heavy atom. The van der Waals surface area contributed by atoms with Gasteiger partial charge in [0.1, 0.15) is 6.61 Å². The van der Waals surface area contributed by atoms with Crippen LogP contribution in [-0.4, -0.2) is 42.4 Å². The maximum absolute atomic E-state index is 11.0. The highest BCUT2D eigenvalue weighted by atomic mass is 16.6. The van der Waals surface area contributed by atoms with Gasteiger partial charge in [-0.05, 0) is 0 Å². The number of aliphatic hydroxyl groups excluding tert-OH is 1. The molecule has 0 atom stereocenters. The first-order chi connectivity index (χ1) is 5.77. The Hall–Kier alpha value is -1.03. The second-order valence-electron chi connectivity index (χ2n) is 2.82. The van der Waals surface area contributed by atoms with Crippen LogP contribution >= 0.6 is 0 Å². The molecule has 1 heterocycles. The van der Waals surface area contributed by atoms with E-state index < -0.39 is 0 Å². The number of hydrogen-bond donors (Lipinski definition) is 1. The van der Waals surface area contributed by atoms with Crippen molar-refractivity contribution in [3.05, 3.63) is 12.7 Å². The number of nitrogens with zero attached hydrogens (tertiary/aromatic N) is 1. The Bertz CT molecular complexity index is 175. The lowest BCUT2D eigenvalue weighted by molar-refractivity contribution is 0.0380. The summed E-state index contributed by atoms with van der Waals surface area (Å²) in [5.41, 5.74) is 0. The van der Waals surface area contributed by atoms with Gasteiger partial charge >= 0.3 is 6.09 Å². The molecule has 1 aliphatic heterocycles. The molecule has 4 heteroatoms. The molecular formula is C8H13NO3. The van der Waals surface area contributed by atoms with Crippen LogP contribution in [0.4, 0.5) is 4.79 Å². The largest absolute Gasteiger partial charge is 0.445 e. The number of hydrogen-bond acceptors (Lipinski definition) is 3. The second kappa shape index (κ2) is 4.11. The van der Waals surface area contributed by atoms with Gasteiger partial charge in [0.05, 0.1) is 0 Å². The van der Waals surface area contributed by atoms with E-state index in [1.165, 1.54) is 6.08 Å². The highest BCUT2D eigenvalue weighted by Crippen LogP contribution is 2.15. The first-order valence-corrected chi connectivity index (χ1v) is 3.91. The van der Waals surface area contributed by atoms with Crippen LogP contribution < -0.4 is 0 Å². The third-order valence-electron chi connectivity index (χ3n) is 1.80. The van der Waals surface area contributed by atoms with Gasteiger partial charge in [0, 0.05) is 25.6 Å². The molecule has 0 radical (unpaired) electrons. The van der Waals surface area contributed by atoms with Gasteiger partial charge in [-0.2, -0.15) is 0 Å². The molecule has 0 aromatic carbocycles. The van der Waals surface area contributed by atoms with E-state index in [0.717, 1.165) is 0 Å². The molecule has 4 nitrogen and oxygen atoms in total. The Kier molecular flexibility index (Phi) is 3.10. The maximum atomic E-state index is 11.0. The number of rotatable bonds is 3. The lowest BCUT2D eigenvalue weighted by Gasteiger charge is -2.36. The summed E-state index contributed by atoms with van der Waals surface area (Å²) in [7, 11) is 0. The molecule has 0 aromatic heterocycles. The topological polar surface area (TPSA) is 49.8 Å². The van der Waals surface area contributed by atoms with Crippen LogP contribution in [0, 0.1) is 5.92 Å². The fraction of sp³-hybridized carbons (Fsp3) is 0.625. The van der Waals surface area contributed by atoms with E-state index in [2.05, 4.69) is 6.58 Å². The third-order valence-corrected chi connectivity index (χ3v) is 1.80. The fourth-order valence-corrected chi connectivity index (χ4v) is 1.06. The summed E-state index contributed by atoms with van der Waals surface area (Å²) >= 11 is 0. The summed E-state index contributed by atoms with van der Waals surface area (Å²) < 4.78 is 4.78. The van der Waals surface area contributed by atoms with E-state index >= 15 is 0 Å². The molecule has 1 rings (SSSR count). The highest BCUT2D eigenvalue weighted by Gasteiger charge is 2.30. The van der Waals surface area contributed by atoms with Crippen molar-refractivity contribution in [2.45, 2.75) is 0 Å². The van der Waals surface area contributed by atoms with Crippen molar-refractivity contribution in [1.29, 1.82) is 0 Å². The molecule has 1 saturated heterocycles. The number of amides is 1. The van der Waals surface area contributed by atoms with E-state index in [1.54, 1.807) is 4.90 Å². The average Bonchev–Trinajstić information content (AvgIpc) is 1.99. The van der Waals surface area contributed by atoms with Crippen LogP contribution in [0.1, 0.15) is 0 Å².